The Morgan fingerprint density at radius 3 is 2.63 bits per heavy atom. The zero-order chi connectivity index (χ0) is 13.7. The van der Waals surface area contributed by atoms with Crippen molar-refractivity contribution in [2.24, 2.45) is 0 Å². The van der Waals surface area contributed by atoms with Gasteiger partial charge in [-0.15, -0.1) is 0 Å². The number of ether oxygens (including phenoxy) is 2. The highest BCUT2D eigenvalue weighted by atomic mass is 32.2. The molecule has 19 heavy (non-hydrogen) atoms. The number of rotatable bonds is 5. The van der Waals surface area contributed by atoms with Crippen LogP contribution in [0.5, 0.6) is 5.75 Å². The summed E-state index contributed by atoms with van der Waals surface area (Å²) >= 11 is 1.32. The van der Waals surface area contributed by atoms with Crippen molar-refractivity contribution in [3.63, 3.8) is 0 Å². The van der Waals surface area contributed by atoms with E-state index >= 15 is 0 Å². The van der Waals surface area contributed by atoms with Gasteiger partial charge in [-0.25, -0.2) is 0 Å². The van der Waals surface area contributed by atoms with Crippen LogP contribution in [-0.4, -0.2) is 19.0 Å². The second-order valence-corrected chi connectivity index (χ2v) is 5.25. The fourth-order valence-electron chi connectivity index (χ4n) is 1.90. The van der Waals surface area contributed by atoms with E-state index in [1.165, 1.54) is 11.8 Å². The van der Waals surface area contributed by atoms with Gasteiger partial charge in [0.1, 0.15) is 5.75 Å². The number of hydrogen-bond acceptors (Lipinski definition) is 4. The lowest BCUT2D eigenvalue weighted by molar-refractivity contribution is -0.109. The molecule has 0 saturated carbocycles. The van der Waals surface area contributed by atoms with Crippen molar-refractivity contribution in [3.8, 4) is 5.75 Å². The van der Waals surface area contributed by atoms with Crippen LogP contribution in [0.4, 0.5) is 0 Å². The third kappa shape index (κ3) is 3.49. The summed E-state index contributed by atoms with van der Waals surface area (Å²) in [5.41, 5.74) is 1.14. The maximum Gasteiger partial charge on any atom is 0.188 e. The van der Waals surface area contributed by atoms with Gasteiger partial charge in [0, 0.05) is 25.2 Å². The van der Waals surface area contributed by atoms with E-state index in [2.05, 4.69) is 0 Å². The summed E-state index contributed by atoms with van der Waals surface area (Å²) in [5.74, 6) is 1.48. The maximum absolute atomic E-state index is 11.1. The first-order valence-corrected chi connectivity index (χ1v) is 6.96. The summed E-state index contributed by atoms with van der Waals surface area (Å²) in [4.78, 5) is 11.1. The summed E-state index contributed by atoms with van der Waals surface area (Å²) in [6.07, 6.45) is 0. The molecule has 0 aromatic heterocycles. The van der Waals surface area contributed by atoms with E-state index in [4.69, 9.17) is 9.47 Å². The van der Waals surface area contributed by atoms with Gasteiger partial charge in [-0.1, -0.05) is 42.1 Å². The molecule has 100 valence electrons. The average molecular weight is 276 g/mol. The van der Waals surface area contributed by atoms with Gasteiger partial charge in [0.25, 0.3) is 0 Å². The van der Waals surface area contributed by atoms with Crippen LogP contribution >= 0.6 is 11.8 Å². The van der Waals surface area contributed by atoms with Crippen LogP contribution in [-0.2, 0) is 15.3 Å². The Hall–Kier alpha value is -1.52. The molecule has 0 amide bonds. The Morgan fingerprint density at radius 2 is 1.89 bits per heavy atom. The number of fused-ring (bicyclic) bond motifs is 1. The minimum absolute atomic E-state index is 0.129. The van der Waals surface area contributed by atoms with E-state index in [-0.39, 0.29) is 11.9 Å². The number of carbonyl (C=O) groups is 1. The standard InChI is InChI=1S/C15H16O3S/c1-11(16)19-9-12-5-3-7-14-13(12)6-4-8-15(14)18-10-17-2/h3-8H,9-10H2,1-2H3. The summed E-state index contributed by atoms with van der Waals surface area (Å²) in [6, 6.07) is 12.0. The molecule has 2 aromatic rings. The van der Waals surface area contributed by atoms with E-state index in [0.717, 1.165) is 22.1 Å². The third-order valence-electron chi connectivity index (χ3n) is 2.74. The normalized spacial score (nSPS) is 10.6. The number of carbonyl (C=O) groups excluding carboxylic acids is 1. The van der Waals surface area contributed by atoms with Crippen LogP contribution in [0.1, 0.15) is 12.5 Å². The molecule has 2 aromatic carbocycles. The van der Waals surface area contributed by atoms with Gasteiger partial charge in [0.2, 0.25) is 0 Å². The maximum atomic E-state index is 11.1. The zero-order valence-electron chi connectivity index (χ0n) is 11.0. The summed E-state index contributed by atoms with van der Waals surface area (Å²) < 4.78 is 10.5. The van der Waals surface area contributed by atoms with E-state index in [9.17, 15) is 4.79 Å². The minimum Gasteiger partial charge on any atom is -0.467 e. The van der Waals surface area contributed by atoms with Crippen molar-refractivity contribution in [1.82, 2.24) is 0 Å². The van der Waals surface area contributed by atoms with Crippen molar-refractivity contribution in [2.75, 3.05) is 13.9 Å². The molecule has 2 rings (SSSR count). The molecule has 0 saturated heterocycles. The molecule has 0 fully saturated rings. The highest BCUT2D eigenvalue weighted by Crippen LogP contribution is 2.30. The van der Waals surface area contributed by atoms with Gasteiger partial charge in [0.05, 0.1) is 0 Å². The molecule has 0 atom stereocenters. The second kappa shape index (κ2) is 6.59. The van der Waals surface area contributed by atoms with Crippen molar-refractivity contribution < 1.29 is 14.3 Å². The molecule has 0 N–H and O–H groups in total. The van der Waals surface area contributed by atoms with Gasteiger partial charge in [-0.2, -0.15) is 0 Å². The van der Waals surface area contributed by atoms with Gasteiger partial charge in [0.15, 0.2) is 11.9 Å². The predicted octanol–water partition coefficient (Wildman–Crippen LogP) is 3.60. The van der Waals surface area contributed by atoms with Crippen LogP contribution in [0, 0.1) is 0 Å². The lowest BCUT2D eigenvalue weighted by Crippen LogP contribution is -1.99. The minimum atomic E-state index is 0.129. The molecule has 4 heteroatoms. The molecule has 0 radical (unpaired) electrons. The average Bonchev–Trinajstić information content (AvgIpc) is 2.42. The van der Waals surface area contributed by atoms with E-state index in [1.54, 1.807) is 14.0 Å². The molecular weight excluding hydrogens is 260 g/mol. The van der Waals surface area contributed by atoms with Crippen LogP contribution < -0.4 is 4.74 Å². The Morgan fingerprint density at radius 1 is 1.16 bits per heavy atom. The van der Waals surface area contributed by atoms with Crippen LogP contribution in [0.2, 0.25) is 0 Å². The van der Waals surface area contributed by atoms with E-state index in [0.29, 0.717) is 5.75 Å². The van der Waals surface area contributed by atoms with Gasteiger partial charge in [-0.05, 0) is 17.0 Å². The van der Waals surface area contributed by atoms with Crippen LogP contribution in [0.25, 0.3) is 10.8 Å². The number of benzene rings is 2. The third-order valence-corrected chi connectivity index (χ3v) is 3.60. The molecule has 0 aliphatic heterocycles. The number of methoxy groups -OCH3 is 1. The van der Waals surface area contributed by atoms with Crippen molar-refractivity contribution in [1.29, 1.82) is 0 Å². The molecule has 0 unspecified atom stereocenters. The largest absolute Gasteiger partial charge is 0.467 e. The van der Waals surface area contributed by atoms with E-state index < -0.39 is 0 Å². The first-order chi connectivity index (χ1) is 9.22. The summed E-state index contributed by atoms with van der Waals surface area (Å²) in [6.45, 7) is 1.81. The lowest BCUT2D eigenvalue weighted by atomic mass is 10.1. The van der Waals surface area contributed by atoms with Gasteiger partial charge in [-0.3, -0.25) is 4.79 Å². The van der Waals surface area contributed by atoms with Crippen molar-refractivity contribution in [2.45, 2.75) is 12.7 Å². The molecule has 0 aliphatic rings. The SMILES string of the molecule is COCOc1cccc2c(CSC(C)=O)cccc12. The number of thioether (sulfide) groups is 1. The lowest BCUT2D eigenvalue weighted by Gasteiger charge is -2.10. The second-order valence-electron chi connectivity index (χ2n) is 4.10. The van der Waals surface area contributed by atoms with Gasteiger partial charge >= 0.3 is 0 Å². The van der Waals surface area contributed by atoms with Crippen LogP contribution in [0.3, 0.4) is 0 Å². The Labute approximate surface area is 116 Å². The topological polar surface area (TPSA) is 35.5 Å². The Balaban J connectivity index is 2.36. The zero-order valence-corrected chi connectivity index (χ0v) is 11.8. The molecule has 0 aliphatic carbocycles. The monoisotopic (exact) mass is 276 g/mol. The quantitative estimate of drug-likeness (QED) is 0.782. The van der Waals surface area contributed by atoms with Crippen molar-refractivity contribution in [3.05, 3.63) is 42.0 Å². The van der Waals surface area contributed by atoms with E-state index in [1.807, 2.05) is 36.4 Å². The van der Waals surface area contributed by atoms with Crippen LogP contribution in [0.15, 0.2) is 36.4 Å². The summed E-state index contributed by atoms with van der Waals surface area (Å²) in [5, 5.41) is 2.29. The molecule has 0 spiro atoms. The molecule has 0 heterocycles. The molecule has 0 bridgehead atoms. The smallest absolute Gasteiger partial charge is 0.188 e. The van der Waals surface area contributed by atoms with Crippen molar-refractivity contribution >= 4 is 27.6 Å². The first kappa shape index (κ1) is 13.9. The molecular formula is C15H16O3S. The Kier molecular flexibility index (Phi) is 4.82. The highest BCUT2D eigenvalue weighted by Gasteiger charge is 2.06. The number of hydrogen-bond donors (Lipinski definition) is 0. The first-order valence-electron chi connectivity index (χ1n) is 5.98. The summed E-state index contributed by atoms with van der Waals surface area (Å²) in [7, 11) is 1.60. The highest BCUT2D eigenvalue weighted by molar-refractivity contribution is 8.12. The predicted molar refractivity (Wildman–Crippen MR) is 78.4 cm³/mol. The fourth-order valence-corrected chi connectivity index (χ4v) is 2.51. The fraction of sp³-hybridized carbons (Fsp3) is 0.267. The Bertz CT molecular complexity index is 581. The van der Waals surface area contributed by atoms with Gasteiger partial charge < -0.3 is 9.47 Å². The molecule has 3 nitrogen and oxygen atoms in total.